The van der Waals surface area contributed by atoms with Gasteiger partial charge in [-0.2, -0.15) is 0 Å². The number of hydrogen-bond acceptors (Lipinski definition) is 6. The SMILES string of the molecule is Cc1ccc(-n2c(=O)c3ccccc3n3c(SCC(=O)Nc4ccc(Cl)cn4)nnc23)cc1. The molecule has 33 heavy (non-hydrogen) atoms. The van der Waals surface area contributed by atoms with Crippen LogP contribution in [0.2, 0.25) is 5.02 Å². The van der Waals surface area contributed by atoms with Gasteiger partial charge in [-0.05, 0) is 43.3 Å². The van der Waals surface area contributed by atoms with Crippen molar-refractivity contribution >= 4 is 51.8 Å². The highest BCUT2D eigenvalue weighted by molar-refractivity contribution is 7.99. The largest absolute Gasteiger partial charge is 0.310 e. The molecule has 0 radical (unpaired) electrons. The monoisotopic (exact) mass is 476 g/mol. The van der Waals surface area contributed by atoms with E-state index in [2.05, 4.69) is 20.5 Å². The summed E-state index contributed by atoms with van der Waals surface area (Å²) in [6.07, 6.45) is 1.47. The molecule has 0 aliphatic rings. The van der Waals surface area contributed by atoms with Crippen LogP contribution in [0, 0.1) is 6.92 Å². The lowest BCUT2D eigenvalue weighted by Crippen LogP contribution is -2.22. The van der Waals surface area contributed by atoms with E-state index >= 15 is 0 Å². The first kappa shape index (κ1) is 21.2. The van der Waals surface area contributed by atoms with Gasteiger partial charge in [0.2, 0.25) is 11.7 Å². The Balaban J connectivity index is 1.54. The Labute approximate surface area is 197 Å². The fraction of sp³-hybridized carbons (Fsp3) is 0.0870. The van der Waals surface area contributed by atoms with Crippen molar-refractivity contribution in [1.82, 2.24) is 24.1 Å². The zero-order chi connectivity index (χ0) is 22.9. The van der Waals surface area contributed by atoms with Gasteiger partial charge in [-0.1, -0.05) is 53.2 Å². The molecule has 0 spiro atoms. The molecule has 0 atom stereocenters. The second-order valence-electron chi connectivity index (χ2n) is 7.31. The first-order valence-corrected chi connectivity index (χ1v) is 11.4. The summed E-state index contributed by atoms with van der Waals surface area (Å²) in [4.78, 5) is 29.8. The van der Waals surface area contributed by atoms with Crippen LogP contribution in [0.4, 0.5) is 5.82 Å². The molecule has 8 nitrogen and oxygen atoms in total. The number of carbonyl (C=O) groups excluding carboxylic acids is 1. The summed E-state index contributed by atoms with van der Waals surface area (Å²) in [7, 11) is 0. The highest BCUT2D eigenvalue weighted by Gasteiger charge is 2.18. The Morgan fingerprint density at radius 2 is 1.85 bits per heavy atom. The van der Waals surface area contributed by atoms with E-state index in [1.807, 2.05) is 49.4 Å². The van der Waals surface area contributed by atoms with Crippen LogP contribution in [0.3, 0.4) is 0 Å². The fourth-order valence-electron chi connectivity index (χ4n) is 3.46. The van der Waals surface area contributed by atoms with Crippen molar-refractivity contribution in [3.8, 4) is 5.69 Å². The van der Waals surface area contributed by atoms with Crippen molar-refractivity contribution in [3.05, 3.63) is 87.8 Å². The minimum Gasteiger partial charge on any atom is -0.310 e. The van der Waals surface area contributed by atoms with Gasteiger partial charge >= 0.3 is 0 Å². The Morgan fingerprint density at radius 1 is 1.06 bits per heavy atom. The molecule has 0 saturated heterocycles. The first-order chi connectivity index (χ1) is 16.0. The topological polar surface area (TPSA) is 94.2 Å². The number of aryl methyl sites for hydroxylation is 1. The molecule has 5 aromatic rings. The van der Waals surface area contributed by atoms with Gasteiger partial charge < -0.3 is 5.32 Å². The normalized spacial score (nSPS) is 11.2. The van der Waals surface area contributed by atoms with Crippen LogP contribution in [0.15, 0.2) is 76.8 Å². The number of hydrogen-bond donors (Lipinski definition) is 1. The van der Waals surface area contributed by atoms with Crippen LogP contribution < -0.4 is 10.9 Å². The zero-order valence-corrected chi connectivity index (χ0v) is 19.0. The van der Waals surface area contributed by atoms with Gasteiger partial charge in [0.1, 0.15) is 5.82 Å². The molecule has 0 bridgehead atoms. The number of carbonyl (C=O) groups is 1. The van der Waals surface area contributed by atoms with E-state index < -0.39 is 0 Å². The second kappa shape index (κ2) is 8.68. The molecule has 2 aromatic carbocycles. The molecule has 164 valence electrons. The molecule has 0 fully saturated rings. The number of halogens is 1. The molecule has 1 amide bonds. The van der Waals surface area contributed by atoms with E-state index in [1.165, 1.54) is 22.5 Å². The smallest absolute Gasteiger partial charge is 0.267 e. The van der Waals surface area contributed by atoms with Crippen molar-refractivity contribution in [1.29, 1.82) is 0 Å². The van der Waals surface area contributed by atoms with Gasteiger partial charge in [-0.15, -0.1) is 10.2 Å². The lowest BCUT2D eigenvalue weighted by Gasteiger charge is -2.11. The molecular formula is C23H17ClN6O2S. The summed E-state index contributed by atoms with van der Waals surface area (Å²) in [5.74, 6) is 0.630. The molecule has 3 heterocycles. The molecule has 0 saturated carbocycles. The highest BCUT2D eigenvalue weighted by atomic mass is 35.5. The number of nitrogens with one attached hydrogen (secondary N) is 1. The van der Waals surface area contributed by atoms with Crippen LogP contribution in [-0.4, -0.2) is 35.8 Å². The predicted molar refractivity (Wildman–Crippen MR) is 129 cm³/mol. The van der Waals surface area contributed by atoms with Crippen molar-refractivity contribution in [2.45, 2.75) is 12.1 Å². The van der Waals surface area contributed by atoms with Crippen LogP contribution >= 0.6 is 23.4 Å². The van der Waals surface area contributed by atoms with Gasteiger partial charge in [0, 0.05) is 6.20 Å². The maximum absolute atomic E-state index is 13.3. The number of nitrogens with zero attached hydrogens (tertiary/aromatic N) is 5. The number of aromatic nitrogens is 5. The van der Waals surface area contributed by atoms with Gasteiger partial charge in [0.05, 0.1) is 27.4 Å². The van der Waals surface area contributed by atoms with E-state index in [-0.39, 0.29) is 17.2 Å². The summed E-state index contributed by atoms with van der Waals surface area (Å²) >= 11 is 7.06. The van der Waals surface area contributed by atoms with E-state index in [0.717, 1.165) is 5.56 Å². The molecule has 0 aliphatic heterocycles. The minimum atomic E-state index is -0.247. The average molecular weight is 477 g/mol. The van der Waals surface area contributed by atoms with Gasteiger partial charge in [-0.3, -0.25) is 14.0 Å². The van der Waals surface area contributed by atoms with E-state index in [0.29, 0.717) is 38.4 Å². The van der Waals surface area contributed by atoms with Crippen molar-refractivity contribution in [2.75, 3.05) is 11.1 Å². The van der Waals surface area contributed by atoms with E-state index in [1.54, 1.807) is 22.6 Å². The third-order valence-electron chi connectivity index (χ3n) is 5.01. The summed E-state index contributed by atoms with van der Waals surface area (Å²) in [5.41, 5.74) is 2.27. The third kappa shape index (κ3) is 4.08. The Morgan fingerprint density at radius 3 is 2.61 bits per heavy atom. The second-order valence-corrected chi connectivity index (χ2v) is 8.69. The van der Waals surface area contributed by atoms with Crippen molar-refractivity contribution < 1.29 is 4.79 Å². The number of benzene rings is 2. The molecule has 0 unspecified atom stereocenters. The number of para-hydroxylation sites is 1. The van der Waals surface area contributed by atoms with Gasteiger partial charge in [0.25, 0.3) is 5.56 Å². The van der Waals surface area contributed by atoms with E-state index in [4.69, 9.17) is 11.6 Å². The number of rotatable bonds is 5. The fourth-order valence-corrected chi connectivity index (χ4v) is 4.31. The van der Waals surface area contributed by atoms with Crippen LogP contribution in [0.1, 0.15) is 5.56 Å². The Kier molecular flexibility index (Phi) is 5.57. The number of anilines is 1. The van der Waals surface area contributed by atoms with Crippen molar-refractivity contribution in [2.24, 2.45) is 0 Å². The maximum Gasteiger partial charge on any atom is 0.267 e. The van der Waals surface area contributed by atoms with E-state index in [9.17, 15) is 9.59 Å². The molecule has 3 aromatic heterocycles. The highest BCUT2D eigenvalue weighted by Crippen LogP contribution is 2.23. The maximum atomic E-state index is 13.3. The zero-order valence-electron chi connectivity index (χ0n) is 17.4. The van der Waals surface area contributed by atoms with Gasteiger partial charge in [-0.25, -0.2) is 9.55 Å². The molecule has 0 aliphatic carbocycles. The standard InChI is InChI=1S/C23H17ClN6O2S/c1-14-6-9-16(10-7-14)29-21(32)17-4-2-3-5-18(17)30-22(29)27-28-23(30)33-13-20(31)26-19-11-8-15(24)12-25-19/h2-12H,13H2,1H3,(H,25,26,31). The summed E-state index contributed by atoms with van der Waals surface area (Å²) in [6.45, 7) is 1.99. The number of amides is 1. The molecule has 10 heteroatoms. The Bertz CT molecular complexity index is 1540. The third-order valence-corrected chi connectivity index (χ3v) is 6.17. The summed E-state index contributed by atoms with van der Waals surface area (Å²) in [6, 6.07) is 18.2. The number of fused-ring (bicyclic) bond motifs is 3. The molecule has 5 rings (SSSR count). The van der Waals surface area contributed by atoms with Crippen LogP contribution in [-0.2, 0) is 4.79 Å². The summed E-state index contributed by atoms with van der Waals surface area (Å²) < 4.78 is 3.34. The predicted octanol–water partition coefficient (Wildman–Crippen LogP) is 4.12. The minimum absolute atomic E-state index is 0.0864. The van der Waals surface area contributed by atoms with Crippen LogP contribution in [0.5, 0.6) is 0 Å². The molecule has 1 N–H and O–H groups in total. The number of thioether (sulfide) groups is 1. The molecular weight excluding hydrogens is 460 g/mol. The van der Waals surface area contributed by atoms with Crippen LogP contribution in [0.25, 0.3) is 22.4 Å². The van der Waals surface area contributed by atoms with Crippen molar-refractivity contribution in [3.63, 3.8) is 0 Å². The Hall–Kier alpha value is -3.69. The quantitative estimate of drug-likeness (QED) is 0.383. The average Bonchev–Trinajstić information content (AvgIpc) is 3.24. The van der Waals surface area contributed by atoms with Gasteiger partial charge in [0.15, 0.2) is 5.16 Å². The summed E-state index contributed by atoms with van der Waals surface area (Å²) in [5, 5.41) is 12.8. The lowest BCUT2D eigenvalue weighted by atomic mass is 10.2. The first-order valence-electron chi connectivity index (χ1n) is 10.0. The number of pyridine rings is 1. The lowest BCUT2D eigenvalue weighted by molar-refractivity contribution is -0.113.